The van der Waals surface area contributed by atoms with Gasteiger partial charge in [0.1, 0.15) is 0 Å². The normalized spacial score (nSPS) is 11.4. The molecular weight excluding hydrogens is 777 g/mol. The monoisotopic (exact) mass is 812 g/mol. The summed E-state index contributed by atoms with van der Waals surface area (Å²) in [7, 11) is 9.31. The molecule has 4 aromatic heterocycles. The van der Waals surface area contributed by atoms with Gasteiger partial charge in [-0.1, -0.05) is 0 Å². The fraction of sp³-hybridized carbons (Fsp3) is 0.800. The Morgan fingerprint density at radius 2 is 0.780 bits per heavy atom. The van der Waals surface area contributed by atoms with E-state index in [1.807, 2.05) is 0 Å². The van der Waals surface area contributed by atoms with E-state index in [-0.39, 0.29) is 0 Å². The molecule has 12 nitrogen and oxygen atoms in total. The van der Waals surface area contributed by atoms with Crippen LogP contribution < -0.4 is 20.4 Å². The Morgan fingerprint density at radius 1 is 0.537 bits per heavy atom. The second kappa shape index (κ2) is 24.9. The standard InChI is InChI=1S/2C8H17.4CHNO2S2.Mo/c2*1-4-6-7-8(3)5-2;4*3-1(4)2-5-6-2;/h2*8H,3-7H2,1-2H3;4*(H,3,4);/q;;;;;;+4/p-4. The largest absolute Gasteiger partial charge is 0.528 e. The third-order valence-corrected chi connectivity index (χ3v) is 14.4. The van der Waals surface area contributed by atoms with E-state index in [1.54, 1.807) is 9.62 Å². The zero-order valence-corrected chi connectivity index (χ0v) is 31.5. The van der Waals surface area contributed by atoms with Crippen molar-refractivity contribution in [1.29, 1.82) is 0 Å². The topological polar surface area (TPSA) is 180 Å². The van der Waals surface area contributed by atoms with Crippen LogP contribution in [0.3, 0.4) is 0 Å². The van der Waals surface area contributed by atoms with Crippen LogP contribution in [0.25, 0.3) is 0 Å². The predicted octanol–water partition coefficient (Wildman–Crippen LogP) is 5.55. The van der Waals surface area contributed by atoms with Gasteiger partial charge in [0.05, 0.1) is 0 Å². The molecule has 2 atom stereocenters. The summed E-state index contributed by atoms with van der Waals surface area (Å²) in [6.07, 6.45) is 7.05. The number of carbonyl (C=O) groups excluding carboxylic acids is 4. The van der Waals surface area contributed by atoms with Gasteiger partial charge in [-0.25, -0.2) is 0 Å². The number of rotatable bonds is 12. The third kappa shape index (κ3) is 26.9. The van der Waals surface area contributed by atoms with E-state index in [4.69, 9.17) is 0 Å². The summed E-state index contributed by atoms with van der Waals surface area (Å²) in [5.41, 5.74) is 0. The Morgan fingerprint density at radius 3 is 0.902 bits per heavy atom. The average molecular weight is 811 g/mol. The number of aromatic nitrogens is 4. The Labute approximate surface area is 278 Å². The molecule has 0 amide bonds. The zero-order valence-electron chi connectivity index (χ0n) is 23.0. The van der Waals surface area contributed by atoms with Crippen LogP contribution in [-0.2, 0) is 18.6 Å². The van der Waals surface area contributed by atoms with Gasteiger partial charge in [-0.05, 0) is 0 Å². The molecule has 4 heterocycles. The van der Waals surface area contributed by atoms with Gasteiger partial charge >= 0.3 is 119 Å². The molecule has 0 aliphatic carbocycles. The van der Waals surface area contributed by atoms with Crippen molar-refractivity contribution in [2.45, 2.75) is 88.7 Å². The van der Waals surface area contributed by atoms with E-state index in [2.05, 4.69) is 27.7 Å². The van der Waals surface area contributed by atoms with Gasteiger partial charge in [0.15, 0.2) is 24.4 Å². The molecule has 2 unspecified atom stereocenters. The van der Waals surface area contributed by atoms with Crippen LogP contribution in [0.2, 0.25) is 9.62 Å². The summed E-state index contributed by atoms with van der Waals surface area (Å²) in [5.74, 6) is 2.14. The van der Waals surface area contributed by atoms with Crippen molar-refractivity contribution < 1.29 is 58.2 Å². The summed E-state index contributed by atoms with van der Waals surface area (Å²) in [6.45, 7) is 9.42. The fourth-order valence-electron chi connectivity index (χ4n) is 2.51. The van der Waals surface area contributed by atoms with Gasteiger partial charge in [-0.2, -0.15) is 13.4 Å². The van der Waals surface area contributed by atoms with Crippen molar-refractivity contribution in [2.24, 2.45) is 11.8 Å². The first-order valence-electron chi connectivity index (χ1n) is 12.5. The molecule has 0 aliphatic rings. The van der Waals surface area contributed by atoms with E-state index in [1.165, 1.54) is 51.4 Å². The second-order valence-electron chi connectivity index (χ2n) is 8.06. The van der Waals surface area contributed by atoms with Crippen molar-refractivity contribution in [3.8, 4) is 0 Å². The minimum Gasteiger partial charge on any atom is -0.528 e. The minimum atomic E-state index is -1.12. The smallest absolute Gasteiger partial charge is 0.168 e. The molecule has 0 aromatic carbocycles. The van der Waals surface area contributed by atoms with Crippen molar-refractivity contribution in [3.63, 3.8) is 0 Å². The Hall–Kier alpha value is -0.472. The van der Waals surface area contributed by atoms with Crippen LogP contribution in [0.15, 0.2) is 0 Å². The quantitative estimate of drug-likeness (QED) is 0.132. The zero-order chi connectivity index (χ0) is 31.2. The molecule has 0 bridgehead atoms. The predicted molar refractivity (Wildman–Crippen MR) is 160 cm³/mol. The molecule has 236 valence electrons. The van der Waals surface area contributed by atoms with E-state index in [9.17, 15) is 39.6 Å². The number of hydrogen-bond donors (Lipinski definition) is 0. The van der Waals surface area contributed by atoms with Crippen LogP contribution >= 0.6 is 84.3 Å². The Balaban J connectivity index is 0.000000541. The number of carboxylic acid groups (broad SMARTS) is 4. The van der Waals surface area contributed by atoms with Crippen molar-refractivity contribution in [1.82, 2.24) is 13.4 Å². The van der Waals surface area contributed by atoms with E-state index < -0.39 is 24.4 Å². The number of unbranched alkanes of at least 4 members (excludes halogenated alkanes) is 2. The summed E-state index contributed by atoms with van der Waals surface area (Å²) in [5, 5.41) is 38.1. The Kier molecular flexibility index (Phi) is 24.6. The summed E-state index contributed by atoms with van der Waals surface area (Å²) >= 11 is 0.318. The maximum Gasteiger partial charge on any atom is 0.168 e. The van der Waals surface area contributed by atoms with Crippen LogP contribution in [0.5, 0.6) is 0 Å². The maximum absolute atomic E-state index is 9.53. The second-order valence-corrected chi connectivity index (χ2v) is 19.3. The SMILES string of the molecule is CCCCC(CC)[CH2][Mo+4][CH2]C(CC)CCCC.O=C([O-])n1ss1.O=C([O-])n1ss1.O=C([O-])n1ss1.O=C([O-])n1ss1. The minimum absolute atomic E-state index is 0.318. The van der Waals surface area contributed by atoms with Crippen LogP contribution in [-0.4, -0.2) is 37.8 Å². The molecule has 0 radical (unpaired) electrons. The molecule has 0 aliphatic heterocycles. The number of nitrogens with zero attached hydrogens (tertiary/aromatic N) is 4. The maximum atomic E-state index is 9.53. The first kappa shape index (κ1) is 40.5. The van der Waals surface area contributed by atoms with Crippen molar-refractivity contribution in [3.05, 3.63) is 0 Å². The first-order chi connectivity index (χ1) is 19.5. The molecule has 0 saturated carbocycles. The van der Waals surface area contributed by atoms with Crippen LogP contribution in [0.1, 0.15) is 79.1 Å². The van der Waals surface area contributed by atoms with Gasteiger partial charge in [0.2, 0.25) is 0 Å². The van der Waals surface area contributed by atoms with Crippen molar-refractivity contribution >= 4 is 109 Å². The van der Waals surface area contributed by atoms with Crippen LogP contribution in [0.4, 0.5) is 19.2 Å². The molecule has 41 heavy (non-hydrogen) atoms. The average Bonchev–Trinajstić information content (AvgIpc) is 3.78. The van der Waals surface area contributed by atoms with E-state index in [0.717, 1.165) is 110 Å². The van der Waals surface area contributed by atoms with Gasteiger partial charge < -0.3 is 39.6 Å². The molecule has 4 aromatic rings. The first-order valence-corrected chi connectivity index (χ1v) is 23.6. The molecule has 4 rings (SSSR count). The number of hydrogen-bond acceptors (Lipinski definition) is 16. The molecule has 0 spiro atoms. The van der Waals surface area contributed by atoms with Crippen molar-refractivity contribution in [2.75, 3.05) is 0 Å². The van der Waals surface area contributed by atoms with Gasteiger partial charge in [-0.15, -0.1) is 0 Å². The third-order valence-electron chi connectivity index (χ3n) is 4.99. The van der Waals surface area contributed by atoms with Gasteiger partial charge in [-0.3, -0.25) is 0 Å². The van der Waals surface area contributed by atoms with Gasteiger partial charge in [0, 0.05) is 84.3 Å². The Bertz CT molecular complexity index is 927. The molecule has 0 N–H and O–H groups in total. The van der Waals surface area contributed by atoms with E-state index in [0.29, 0.717) is 18.6 Å². The summed E-state index contributed by atoms with van der Waals surface area (Å²) < 4.78 is 4.22. The van der Waals surface area contributed by atoms with Gasteiger partial charge in [0.25, 0.3) is 0 Å². The molecule has 21 heteroatoms. The summed E-state index contributed by atoms with van der Waals surface area (Å²) in [6, 6.07) is 0. The number of carbonyl (C=O) groups is 4. The summed E-state index contributed by atoms with van der Waals surface area (Å²) in [4.78, 5) is 41.4. The molecular formula is C20H34MoN4O8S8. The molecule has 0 saturated heterocycles. The van der Waals surface area contributed by atoms with Crippen LogP contribution in [0, 0.1) is 11.8 Å². The fourth-order valence-corrected chi connectivity index (χ4v) is 8.94. The van der Waals surface area contributed by atoms with E-state index >= 15 is 0 Å². The molecule has 0 fully saturated rings.